The summed E-state index contributed by atoms with van der Waals surface area (Å²) in [5, 5.41) is 8.33. The number of benzene rings is 1. The molecule has 1 unspecified atom stereocenters. The van der Waals surface area contributed by atoms with E-state index < -0.39 is 10.0 Å². The molecule has 0 heterocycles. The molecule has 0 amide bonds. The maximum Gasteiger partial charge on any atom is 0.240 e. The van der Waals surface area contributed by atoms with Gasteiger partial charge in [0.25, 0.3) is 0 Å². The van der Waals surface area contributed by atoms with Gasteiger partial charge >= 0.3 is 0 Å². The van der Waals surface area contributed by atoms with E-state index in [0.29, 0.717) is 22.7 Å². The monoisotopic (exact) mass is 269 g/mol. The van der Waals surface area contributed by atoms with Gasteiger partial charge in [-0.15, -0.1) is 0 Å². The molecule has 0 radical (unpaired) electrons. The van der Waals surface area contributed by atoms with Crippen LogP contribution in [0.5, 0.6) is 0 Å². The average Bonchev–Trinajstić information content (AvgIpc) is 2.83. The SMILES string of the molecule is CC1(C)CC1CNc1ccc(N)cc1S(N)(=O)=O. The van der Waals surface area contributed by atoms with Crippen LogP contribution >= 0.6 is 0 Å². The summed E-state index contributed by atoms with van der Waals surface area (Å²) in [6.45, 7) is 5.14. The fraction of sp³-hybridized carbons (Fsp3) is 0.500. The summed E-state index contributed by atoms with van der Waals surface area (Å²) in [4.78, 5) is 0.0564. The van der Waals surface area contributed by atoms with E-state index in [1.165, 1.54) is 6.07 Å². The van der Waals surface area contributed by atoms with Crippen molar-refractivity contribution < 1.29 is 8.42 Å². The third-order valence-corrected chi connectivity index (χ3v) is 4.52. The molecule has 0 bridgehead atoms. The lowest BCUT2D eigenvalue weighted by molar-refractivity contribution is 0.572. The van der Waals surface area contributed by atoms with E-state index in [4.69, 9.17) is 10.9 Å². The molecule has 0 aromatic heterocycles. The Hall–Kier alpha value is -1.27. The first-order valence-corrected chi connectivity index (χ1v) is 7.41. The largest absolute Gasteiger partial charge is 0.399 e. The average molecular weight is 269 g/mol. The number of hydrogen-bond donors (Lipinski definition) is 3. The molecule has 1 aromatic carbocycles. The van der Waals surface area contributed by atoms with E-state index in [9.17, 15) is 8.42 Å². The maximum absolute atomic E-state index is 11.5. The topological polar surface area (TPSA) is 98.2 Å². The van der Waals surface area contributed by atoms with Crippen molar-refractivity contribution in [2.45, 2.75) is 25.2 Å². The third-order valence-electron chi connectivity index (χ3n) is 3.57. The molecular formula is C12H19N3O2S. The minimum atomic E-state index is -3.75. The van der Waals surface area contributed by atoms with Crippen LogP contribution in [0.3, 0.4) is 0 Å². The van der Waals surface area contributed by atoms with E-state index in [1.807, 2.05) is 0 Å². The third kappa shape index (κ3) is 2.76. The summed E-state index contributed by atoms with van der Waals surface area (Å²) in [6.07, 6.45) is 1.15. The van der Waals surface area contributed by atoms with Crippen molar-refractivity contribution in [2.75, 3.05) is 17.6 Å². The summed E-state index contributed by atoms with van der Waals surface area (Å²) in [5.41, 5.74) is 6.85. The number of anilines is 2. The van der Waals surface area contributed by atoms with Crippen molar-refractivity contribution in [3.05, 3.63) is 18.2 Å². The summed E-state index contributed by atoms with van der Waals surface area (Å²) in [7, 11) is -3.75. The van der Waals surface area contributed by atoms with Crippen molar-refractivity contribution in [2.24, 2.45) is 16.5 Å². The van der Waals surface area contributed by atoms with Crippen LogP contribution in [0.4, 0.5) is 11.4 Å². The number of sulfonamides is 1. The molecule has 1 aliphatic carbocycles. The van der Waals surface area contributed by atoms with Gasteiger partial charge in [0.1, 0.15) is 4.90 Å². The predicted molar refractivity (Wildman–Crippen MR) is 72.6 cm³/mol. The Morgan fingerprint density at radius 1 is 1.44 bits per heavy atom. The standard InChI is InChI=1S/C12H19N3O2S/c1-12(2)6-8(12)7-15-10-4-3-9(13)5-11(10)18(14,16)17/h3-5,8,15H,6-7,13H2,1-2H3,(H2,14,16,17). The highest BCUT2D eigenvalue weighted by molar-refractivity contribution is 7.89. The second-order valence-electron chi connectivity index (χ2n) is 5.57. The second-order valence-corrected chi connectivity index (χ2v) is 7.10. The summed E-state index contributed by atoms with van der Waals surface area (Å²) < 4.78 is 23.0. The fourth-order valence-corrected chi connectivity index (χ4v) is 2.83. The van der Waals surface area contributed by atoms with E-state index in [2.05, 4.69) is 19.2 Å². The zero-order chi connectivity index (χ0) is 13.6. The smallest absolute Gasteiger partial charge is 0.240 e. The van der Waals surface area contributed by atoms with Gasteiger partial charge in [-0.2, -0.15) is 0 Å². The van der Waals surface area contributed by atoms with Crippen molar-refractivity contribution in [1.82, 2.24) is 0 Å². The Morgan fingerprint density at radius 3 is 2.56 bits per heavy atom. The van der Waals surface area contributed by atoms with Gasteiger partial charge in [-0.1, -0.05) is 13.8 Å². The molecule has 5 N–H and O–H groups in total. The first-order chi connectivity index (χ1) is 8.20. The molecule has 100 valence electrons. The normalized spacial score (nSPS) is 21.6. The molecule has 18 heavy (non-hydrogen) atoms. The highest BCUT2D eigenvalue weighted by atomic mass is 32.2. The number of nitrogen functional groups attached to an aromatic ring is 1. The van der Waals surface area contributed by atoms with E-state index in [-0.39, 0.29) is 4.90 Å². The minimum absolute atomic E-state index is 0.0564. The van der Waals surface area contributed by atoms with Gasteiger partial charge in [0.05, 0.1) is 5.69 Å². The van der Waals surface area contributed by atoms with E-state index in [1.54, 1.807) is 12.1 Å². The Bertz CT molecular complexity index is 567. The minimum Gasteiger partial charge on any atom is -0.399 e. The number of rotatable bonds is 4. The van der Waals surface area contributed by atoms with Gasteiger partial charge in [0.2, 0.25) is 10.0 Å². The van der Waals surface area contributed by atoms with Gasteiger partial charge in [0, 0.05) is 12.2 Å². The Labute approximate surface area is 108 Å². The number of hydrogen-bond acceptors (Lipinski definition) is 4. The molecule has 1 fully saturated rings. The van der Waals surface area contributed by atoms with Crippen molar-refractivity contribution in [3.8, 4) is 0 Å². The molecule has 1 saturated carbocycles. The van der Waals surface area contributed by atoms with Crippen LogP contribution in [-0.2, 0) is 10.0 Å². The number of nitrogens with two attached hydrogens (primary N) is 2. The Morgan fingerprint density at radius 2 is 2.06 bits per heavy atom. The molecular weight excluding hydrogens is 250 g/mol. The molecule has 6 heteroatoms. The Balaban J connectivity index is 2.18. The number of primary sulfonamides is 1. The zero-order valence-electron chi connectivity index (χ0n) is 10.6. The first-order valence-electron chi connectivity index (χ1n) is 5.86. The quantitative estimate of drug-likeness (QED) is 0.719. The predicted octanol–water partition coefficient (Wildman–Crippen LogP) is 1.37. The van der Waals surface area contributed by atoms with Crippen molar-refractivity contribution in [1.29, 1.82) is 0 Å². The van der Waals surface area contributed by atoms with Gasteiger partial charge in [-0.25, -0.2) is 13.6 Å². The summed E-state index contributed by atoms with van der Waals surface area (Å²) in [6, 6.07) is 4.70. The maximum atomic E-state index is 11.5. The van der Waals surface area contributed by atoms with Gasteiger partial charge < -0.3 is 11.1 Å². The first kappa shape index (κ1) is 13.2. The molecule has 1 aromatic rings. The summed E-state index contributed by atoms with van der Waals surface area (Å²) >= 11 is 0. The highest BCUT2D eigenvalue weighted by Gasteiger charge is 2.45. The molecule has 0 saturated heterocycles. The van der Waals surface area contributed by atoms with E-state index in [0.717, 1.165) is 13.0 Å². The zero-order valence-corrected chi connectivity index (χ0v) is 11.4. The lowest BCUT2D eigenvalue weighted by Gasteiger charge is -2.12. The Kier molecular flexibility index (Phi) is 3.03. The molecule has 1 atom stereocenters. The lowest BCUT2D eigenvalue weighted by atomic mass is 10.1. The van der Waals surface area contributed by atoms with Crippen LogP contribution in [0, 0.1) is 11.3 Å². The van der Waals surface area contributed by atoms with Gasteiger partial charge in [-0.3, -0.25) is 0 Å². The van der Waals surface area contributed by atoms with Crippen LogP contribution < -0.4 is 16.2 Å². The molecule has 5 nitrogen and oxygen atoms in total. The number of nitrogens with one attached hydrogen (secondary N) is 1. The lowest BCUT2D eigenvalue weighted by Crippen LogP contribution is -2.16. The highest BCUT2D eigenvalue weighted by Crippen LogP contribution is 2.51. The van der Waals surface area contributed by atoms with Crippen LogP contribution in [0.25, 0.3) is 0 Å². The van der Waals surface area contributed by atoms with Crippen LogP contribution in [0.2, 0.25) is 0 Å². The van der Waals surface area contributed by atoms with E-state index >= 15 is 0 Å². The second kappa shape index (κ2) is 4.13. The molecule has 0 spiro atoms. The molecule has 2 rings (SSSR count). The van der Waals surface area contributed by atoms with Crippen molar-refractivity contribution in [3.63, 3.8) is 0 Å². The fourth-order valence-electron chi connectivity index (χ4n) is 2.08. The van der Waals surface area contributed by atoms with Gasteiger partial charge in [0.15, 0.2) is 0 Å². The van der Waals surface area contributed by atoms with Crippen molar-refractivity contribution >= 4 is 21.4 Å². The van der Waals surface area contributed by atoms with Gasteiger partial charge in [-0.05, 0) is 36.0 Å². The van der Waals surface area contributed by atoms with Crippen LogP contribution in [0.15, 0.2) is 23.1 Å². The summed E-state index contributed by atoms with van der Waals surface area (Å²) in [5.74, 6) is 0.573. The van der Waals surface area contributed by atoms with Crippen LogP contribution in [-0.4, -0.2) is 15.0 Å². The molecule has 1 aliphatic rings. The van der Waals surface area contributed by atoms with Crippen LogP contribution in [0.1, 0.15) is 20.3 Å². The molecule has 0 aliphatic heterocycles.